The molecule has 0 aromatic heterocycles. The fourth-order valence-corrected chi connectivity index (χ4v) is 3.59. The quantitative estimate of drug-likeness (QED) is 0.230. The zero-order valence-electron chi connectivity index (χ0n) is 19.2. The average Bonchev–Trinajstić information content (AvgIpc) is 3.05. The van der Waals surface area contributed by atoms with Crippen LogP contribution in [0.1, 0.15) is 40.0 Å². The number of likely N-dealkylation sites (tertiary alicyclic amines) is 2. The summed E-state index contributed by atoms with van der Waals surface area (Å²) in [6.45, 7) is 9.48. The summed E-state index contributed by atoms with van der Waals surface area (Å²) in [5, 5.41) is 6.66. The fourth-order valence-electron chi connectivity index (χ4n) is 3.59. The van der Waals surface area contributed by atoms with E-state index in [1.807, 2.05) is 34.9 Å². The van der Waals surface area contributed by atoms with Gasteiger partial charge in [0, 0.05) is 47.3 Å². The number of ether oxygens (including phenoxy) is 1. The van der Waals surface area contributed by atoms with Crippen LogP contribution in [-0.4, -0.2) is 104 Å². The van der Waals surface area contributed by atoms with Gasteiger partial charge in [0.2, 0.25) is 5.91 Å². The number of aliphatic imine (C=N–C) groups is 1. The van der Waals surface area contributed by atoms with Crippen LogP contribution in [0.3, 0.4) is 0 Å². The molecule has 1 unspecified atom stereocenters. The average molecular weight is 538 g/mol. The largest absolute Gasteiger partial charge is 0.444 e. The standard InChI is InChI=1S/C20H38N6O3.HI/c1-20(2,3)29-19(28)26-13-15(14-26)23-18(21-4)22-10-8-12-25-11-7-9-16(25)17(27)24(5)6;/h15-16H,7-14H2,1-6H3,(H2,21,22,23);1H. The van der Waals surface area contributed by atoms with Crippen molar-refractivity contribution in [1.82, 2.24) is 25.3 Å². The molecule has 9 nitrogen and oxygen atoms in total. The number of nitrogens with zero attached hydrogens (tertiary/aromatic N) is 4. The highest BCUT2D eigenvalue weighted by Crippen LogP contribution is 2.19. The van der Waals surface area contributed by atoms with E-state index in [4.69, 9.17) is 4.74 Å². The Bertz CT molecular complexity index is 602. The predicted molar refractivity (Wildman–Crippen MR) is 129 cm³/mol. The van der Waals surface area contributed by atoms with Crippen molar-refractivity contribution in [3.8, 4) is 0 Å². The van der Waals surface area contributed by atoms with Gasteiger partial charge >= 0.3 is 6.09 Å². The lowest BCUT2D eigenvalue weighted by molar-refractivity contribution is -0.133. The van der Waals surface area contributed by atoms with Gasteiger partial charge in [0.1, 0.15) is 5.60 Å². The van der Waals surface area contributed by atoms with E-state index in [0.29, 0.717) is 13.1 Å². The molecule has 2 N–H and O–H groups in total. The number of likely N-dealkylation sites (N-methyl/N-ethyl adjacent to an activating group) is 1. The normalized spacial score (nSPS) is 20.3. The first-order chi connectivity index (χ1) is 13.6. The molecule has 0 aliphatic carbocycles. The Morgan fingerprint density at radius 1 is 1.23 bits per heavy atom. The minimum Gasteiger partial charge on any atom is -0.444 e. The molecule has 2 amide bonds. The van der Waals surface area contributed by atoms with Crippen molar-refractivity contribution >= 4 is 41.9 Å². The SMILES string of the molecule is CN=C(NCCCN1CCCC1C(=O)N(C)C)NC1CN(C(=O)OC(C)(C)C)C1.I. The van der Waals surface area contributed by atoms with Crippen molar-refractivity contribution in [3.63, 3.8) is 0 Å². The van der Waals surface area contributed by atoms with Crippen molar-refractivity contribution in [2.24, 2.45) is 4.99 Å². The lowest BCUT2D eigenvalue weighted by Gasteiger charge is -2.40. The third-order valence-electron chi connectivity index (χ3n) is 5.10. The van der Waals surface area contributed by atoms with E-state index in [1.165, 1.54) is 0 Å². The van der Waals surface area contributed by atoms with Crippen LogP contribution in [0, 0.1) is 0 Å². The number of hydrogen-bond donors (Lipinski definition) is 2. The second-order valence-corrected chi connectivity index (χ2v) is 9.01. The molecule has 0 aromatic carbocycles. The molecule has 0 spiro atoms. The van der Waals surface area contributed by atoms with E-state index in [1.54, 1.807) is 16.8 Å². The minimum absolute atomic E-state index is 0. The van der Waals surface area contributed by atoms with Gasteiger partial charge in [0.05, 0.1) is 12.1 Å². The molecule has 0 bridgehead atoms. The monoisotopic (exact) mass is 538 g/mol. The van der Waals surface area contributed by atoms with Gasteiger partial charge in [-0.25, -0.2) is 4.79 Å². The maximum absolute atomic E-state index is 12.3. The van der Waals surface area contributed by atoms with Crippen LogP contribution in [0.25, 0.3) is 0 Å². The van der Waals surface area contributed by atoms with Crippen molar-refractivity contribution in [2.75, 3.05) is 53.9 Å². The Labute approximate surface area is 198 Å². The van der Waals surface area contributed by atoms with Crippen LogP contribution in [0.15, 0.2) is 4.99 Å². The first kappa shape index (κ1) is 26.7. The minimum atomic E-state index is -0.474. The zero-order chi connectivity index (χ0) is 21.6. The molecule has 10 heteroatoms. The number of guanidine groups is 1. The van der Waals surface area contributed by atoms with Gasteiger partial charge < -0.3 is 25.2 Å². The third kappa shape index (κ3) is 8.09. The highest BCUT2D eigenvalue weighted by atomic mass is 127. The van der Waals surface area contributed by atoms with Gasteiger partial charge in [0.15, 0.2) is 5.96 Å². The van der Waals surface area contributed by atoms with Crippen molar-refractivity contribution in [3.05, 3.63) is 0 Å². The summed E-state index contributed by atoms with van der Waals surface area (Å²) in [5.74, 6) is 0.939. The molecule has 2 rings (SSSR count). The first-order valence-electron chi connectivity index (χ1n) is 10.5. The van der Waals surface area contributed by atoms with E-state index < -0.39 is 5.60 Å². The van der Waals surface area contributed by atoms with Gasteiger partial charge in [-0.2, -0.15) is 0 Å². The molecule has 2 saturated heterocycles. The van der Waals surface area contributed by atoms with Crippen LogP contribution in [0.5, 0.6) is 0 Å². The molecule has 0 saturated carbocycles. The molecule has 2 heterocycles. The van der Waals surface area contributed by atoms with Gasteiger partial charge in [-0.15, -0.1) is 24.0 Å². The maximum Gasteiger partial charge on any atom is 0.410 e. The summed E-state index contributed by atoms with van der Waals surface area (Å²) in [6.07, 6.45) is 2.69. The second-order valence-electron chi connectivity index (χ2n) is 9.01. The Balaban J connectivity index is 0.00000450. The number of carbonyl (C=O) groups excluding carboxylic acids is 2. The van der Waals surface area contributed by atoms with E-state index in [9.17, 15) is 9.59 Å². The molecular formula is C20H39IN6O3. The molecular weight excluding hydrogens is 499 g/mol. The molecule has 2 aliphatic heterocycles. The zero-order valence-corrected chi connectivity index (χ0v) is 21.6. The van der Waals surface area contributed by atoms with Crippen molar-refractivity contribution in [2.45, 2.75) is 57.7 Å². The van der Waals surface area contributed by atoms with E-state index >= 15 is 0 Å². The number of halogens is 1. The van der Waals surface area contributed by atoms with Gasteiger partial charge in [0.25, 0.3) is 0 Å². The van der Waals surface area contributed by atoms with E-state index in [-0.39, 0.29) is 48.1 Å². The van der Waals surface area contributed by atoms with Crippen molar-refractivity contribution in [1.29, 1.82) is 0 Å². The van der Waals surface area contributed by atoms with Gasteiger partial charge in [-0.1, -0.05) is 0 Å². The van der Waals surface area contributed by atoms with Gasteiger partial charge in [-0.05, 0) is 46.6 Å². The van der Waals surface area contributed by atoms with Crippen LogP contribution in [0.4, 0.5) is 4.79 Å². The number of rotatable bonds is 6. The fraction of sp³-hybridized carbons (Fsp3) is 0.850. The summed E-state index contributed by atoms with van der Waals surface area (Å²) >= 11 is 0. The molecule has 0 radical (unpaired) electrons. The maximum atomic E-state index is 12.3. The van der Waals surface area contributed by atoms with E-state index in [2.05, 4.69) is 20.5 Å². The molecule has 2 aliphatic rings. The van der Waals surface area contributed by atoms with Crippen LogP contribution >= 0.6 is 24.0 Å². The predicted octanol–water partition coefficient (Wildman–Crippen LogP) is 1.33. The van der Waals surface area contributed by atoms with Gasteiger partial charge in [-0.3, -0.25) is 14.7 Å². The van der Waals surface area contributed by atoms with Crippen molar-refractivity contribution < 1.29 is 14.3 Å². The first-order valence-corrected chi connectivity index (χ1v) is 10.5. The Kier molecular flexibility index (Phi) is 10.6. The topological polar surface area (TPSA) is 89.5 Å². The molecule has 174 valence electrons. The highest BCUT2D eigenvalue weighted by Gasteiger charge is 2.34. The number of carbonyl (C=O) groups is 2. The lowest BCUT2D eigenvalue weighted by atomic mass is 10.1. The molecule has 0 aromatic rings. The molecule has 1 atom stereocenters. The van der Waals surface area contributed by atoms with Crippen LogP contribution < -0.4 is 10.6 Å². The number of amides is 2. The molecule has 30 heavy (non-hydrogen) atoms. The summed E-state index contributed by atoms with van der Waals surface area (Å²) < 4.78 is 5.37. The van der Waals surface area contributed by atoms with Crippen LogP contribution in [-0.2, 0) is 9.53 Å². The Morgan fingerprint density at radius 2 is 1.90 bits per heavy atom. The molecule has 2 fully saturated rings. The van der Waals surface area contributed by atoms with Crippen LogP contribution in [0.2, 0.25) is 0 Å². The summed E-state index contributed by atoms with van der Waals surface area (Å²) in [7, 11) is 5.38. The summed E-state index contributed by atoms with van der Waals surface area (Å²) in [4.78, 5) is 34.2. The lowest BCUT2D eigenvalue weighted by Crippen LogP contribution is -2.63. The third-order valence-corrected chi connectivity index (χ3v) is 5.10. The second kappa shape index (κ2) is 11.9. The number of nitrogens with one attached hydrogen (secondary N) is 2. The highest BCUT2D eigenvalue weighted by molar-refractivity contribution is 14.0. The Morgan fingerprint density at radius 3 is 2.47 bits per heavy atom. The number of hydrogen-bond acceptors (Lipinski definition) is 5. The smallest absolute Gasteiger partial charge is 0.410 e. The summed E-state index contributed by atoms with van der Waals surface area (Å²) in [5.41, 5.74) is -0.474. The Hall–Kier alpha value is -1.30. The van der Waals surface area contributed by atoms with E-state index in [0.717, 1.165) is 44.9 Å². The summed E-state index contributed by atoms with van der Waals surface area (Å²) in [6, 6.07) is 0.200.